The lowest BCUT2D eigenvalue weighted by Crippen LogP contribution is -2.16. The van der Waals surface area contributed by atoms with E-state index in [1.54, 1.807) is 0 Å². The molecule has 288 valence electrons. The van der Waals surface area contributed by atoms with Crippen LogP contribution in [-0.2, 0) is 10.8 Å². The normalized spacial score (nSPS) is 11.9. The van der Waals surface area contributed by atoms with Crippen LogP contribution in [0.1, 0.15) is 52.7 Å². The van der Waals surface area contributed by atoms with E-state index in [1.807, 2.05) is 0 Å². The zero-order valence-electron chi connectivity index (χ0n) is 35.0. The fourth-order valence-corrected chi connectivity index (χ4v) is 8.46. The fourth-order valence-electron chi connectivity index (χ4n) is 8.46. The third kappa shape index (κ3) is 7.46. The Balaban J connectivity index is 1.28. The number of rotatable bonds is 7. The summed E-state index contributed by atoms with van der Waals surface area (Å²) in [5, 5.41) is 4.92. The molecule has 0 amide bonds. The van der Waals surface area contributed by atoms with E-state index in [2.05, 4.69) is 247 Å². The molecule has 0 aliphatic heterocycles. The van der Waals surface area contributed by atoms with Gasteiger partial charge < -0.3 is 4.90 Å². The quantitative estimate of drug-likeness (QED) is 0.156. The Kier molecular flexibility index (Phi) is 9.77. The van der Waals surface area contributed by atoms with Gasteiger partial charge in [0, 0.05) is 16.8 Å². The van der Waals surface area contributed by atoms with E-state index >= 15 is 0 Å². The predicted molar refractivity (Wildman–Crippen MR) is 255 cm³/mol. The van der Waals surface area contributed by atoms with Gasteiger partial charge in [-0.1, -0.05) is 217 Å². The molecule has 0 aromatic heterocycles. The van der Waals surface area contributed by atoms with E-state index in [4.69, 9.17) is 0 Å². The van der Waals surface area contributed by atoms with Crippen molar-refractivity contribution in [2.24, 2.45) is 0 Å². The number of nitrogens with zero attached hydrogens (tertiary/aromatic N) is 1. The molecule has 0 aliphatic carbocycles. The molecule has 59 heavy (non-hydrogen) atoms. The molecule has 0 saturated carbocycles. The molecular formula is C58H51N. The zero-order valence-corrected chi connectivity index (χ0v) is 35.0. The summed E-state index contributed by atoms with van der Waals surface area (Å²) in [6.45, 7) is 13.9. The van der Waals surface area contributed by atoms with E-state index < -0.39 is 0 Å². The molecule has 9 aromatic carbocycles. The number of para-hydroxylation sites is 2. The molecule has 1 nitrogen and oxygen atoms in total. The van der Waals surface area contributed by atoms with Gasteiger partial charge in [-0.25, -0.2) is 0 Å². The maximum atomic E-state index is 2.47. The van der Waals surface area contributed by atoms with Crippen LogP contribution in [0, 0.1) is 0 Å². The van der Waals surface area contributed by atoms with Crippen molar-refractivity contribution in [3.8, 4) is 44.5 Å². The molecule has 0 N–H and O–H groups in total. The highest BCUT2D eigenvalue weighted by atomic mass is 15.1. The van der Waals surface area contributed by atoms with Gasteiger partial charge >= 0.3 is 0 Å². The summed E-state index contributed by atoms with van der Waals surface area (Å²) in [6, 6.07) is 73.8. The third-order valence-corrected chi connectivity index (χ3v) is 11.8. The molecule has 9 aromatic rings. The van der Waals surface area contributed by atoms with Crippen molar-refractivity contribution in [3.05, 3.63) is 211 Å². The Morgan fingerprint density at radius 3 is 1.46 bits per heavy atom. The van der Waals surface area contributed by atoms with Crippen molar-refractivity contribution >= 4 is 38.6 Å². The Morgan fingerprint density at radius 2 is 0.797 bits per heavy atom. The smallest absolute Gasteiger partial charge is 0.0540 e. The largest absolute Gasteiger partial charge is 0.309 e. The number of anilines is 3. The van der Waals surface area contributed by atoms with Crippen LogP contribution in [0.3, 0.4) is 0 Å². The van der Waals surface area contributed by atoms with Crippen LogP contribution >= 0.6 is 0 Å². The van der Waals surface area contributed by atoms with Crippen LogP contribution < -0.4 is 4.90 Å². The summed E-state index contributed by atoms with van der Waals surface area (Å²) in [7, 11) is 0. The first kappa shape index (κ1) is 37.9. The van der Waals surface area contributed by atoms with Gasteiger partial charge in [0.25, 0.3) is 0 Å². The number of hydrogen-bond donors (Lipinski definition) is 0. The standard InChI is InChI=1S/C58H51N/c1-57(2,3)47-36-46(37-48(39-47)58(4,5)6)51-26-16-22-44-23-17-27-53(56(44)51)52-25-13-15-29-55(52)59(49-35-34-41-20-10-11-21-45(41)38-49)54-28-14-12-24-50(54)43-32-30-42(31-33-43)40-18-8-7-9-19-40/h7-39H,1-6H3. The fraction of sp³-hybridized carbons (Fsp3) is 0.138. The highest BCUT2D eigenvalue weighted by molar-refractivity contribution is 6.09. The number of benzene rings is 9. The van der Waals surface area contributed by atoms with Crippen molar-refractivity contribution in [3.63, 3.8) is 0 Å². The summed E-state index contributed by atoms with van der Waals surface area (Å²) in [6.07, 6.45) is 0. The average molecular weight is 762 g/mol. The van der Waals surface area contributed by atoms with Crippen molar-refractivity contribution in [1.29, 1.82) is 0 Å². The minimum absolute atomic E-state index is 0.00559. The highest BCUT2D eigenvalue weighted by Crippen LogP contribution is 2.48. The van der Waals surface area contributed by atoms with Crippen molar-refractivity contribution in [2.45, 2.75) is 52.4 Å². The van der Waals surface area contributed by atoms with Crippen molar-refractivity contribution < 1.29 is 0 Å². The Morgan fingerprint density at radius 1 is 0.305 bits per heavy atom. The Labute approximate surface area is 350 Å². The average Bonchev–Trinajstić information content (AvgIpc) is 3.26. The summed E-state index contributed by atoms with van der Waals surface area (Å²) in [5.74, 6) is 0. The van der Waals surface area contributed by atoms with Gasteiger partial charge in [0.1, 0.15) is 0 Å². The molecule has 0 unspecified atom stereocenters. The first-order chi connectivity index (χ1) is 28.5. The molecule has 0 saturated heterocycles. The third-order valence-electron chi connectivity index (χ3n) is 11.8. The van der Waals surface area contributed by atoms with E-state index in [0.717, 1.165) is 17.1 Å². The van der Waals surface area contributed by atoms with E-state index in [0.29, 0.717) is 0 Å². The lowest BCUT2D eigenvalue weighted by Gasteiger charge is -2.30. The van der Waals surface area contributed by atoms with Crippen molar-refractivity contribution in [2.75, 3.05) is 4.90 Å². The van der Waals surface area contributed by atoms with Gasteiger partial charge in [-0.2, -0.15) is 0 Å². The van der Waals surface area contributed by atoms with Crippen LogP contribution in [-0.4, -0.2) is 0 Å². The molecule has 0 heterocycles. The molecule has 0 fully saturated rings. The number of hydrogen-bond acceptors (Lipinski definition) is 1. The van der Waals surface area contributed by atoms with E-state index in [-0.39, 0.29) is 10.8 Å². The van der Waals surface area contributed by atoms with Gasteiger partial charge in [0.2, 0.25) is 0 Å². The van der Waals surface area contributed by atoms with E-state index in [1.165, 1.54) is 77.2 Å². The van der Waals surface area contributed by atoms with Gasteiger partial charge in [-0.15, -0.1) is 0 Å². The molecule has 0 atom stereocenters. The molecule has 0 radical (unpaired) electrons. The van der Waals surface area contributed by atoms with Gasteiger partial charge in [-0.05, 0) is 101 Å². The summed E-state index contributed by atoms with van der Waals surface area (Å²) >= 11 is 0. The molecule has 1 heteroatoms. The molecule has 0 aliphatic rings. The minimum Gasteiger partial charge on any atom is -0.309 e. The van der Waals surface area contributed by atoms with Crippen LogP contribution in [0.25, 0.3) is 66.1 Å². The monoisotopic (exact) mass is 761 g/mol. The topological polar surface area (TPSA) is 3.24 Å². The SMILES string of the molecule is CC(C)(C)c1cc(-c2cccc3cccc(-c4ccccc4N(c4ccc5ccccc5c4)c4ccccc4-c4ccc(-c5ccccc5)cc4)c23)cc(C(C)(C)C)c1. The van der Waals surface area contributed by atoms with Crippen LogP contribution in [0.4, 0.5) is 17.1 Å². The Bertz CT molecular complexity index is 2900. The van der Waals surface area contributed by atoms with E-state index in [9.17, 15) is 0 Å². The Hall–Kier alpha value is -6.70. The summed E-state index contributed by atoms with van der Waals surface area (Å²) < 4.78 is 0. The van der Waals surface area contributed by atoms with Crippen LogP contribution in [0.5, 0.6) is 0 Å². The molecular weight excluding hydrogens is 711 g/mol. The first-order valence-corrected chi connectivity index (χ1v) is 20.8. The molecule has 9 rings (SSSR count). The predicted octanol–water partition coefficient (Wildman–Crippen LogP) is 16.7. The second kappa shape index (κ2) is 15.2. The van der Waals surface area contributed by atoms with Crippen molar-refractivity contribution in [1.82, 2.24) is 0 Å². The zero-order chi connectivity index (χ0) is 40.7. The summed E-state index contributed by atoms with van der Waals surface area (Å²) in [5.41, 5.74) is 15.7. The highest BCUT2D eigenvalue weighted by Gasteiger charge is 2.24. The minimum atomic E-state index is 0.00559. The van der Waals surface area contributed by atoms with Gasteiger partial charge in [0.15, 0.2) is 0 Å². The maximum absolute atomic E-state index is 2.47. The lowest BCUT2D eigenvalue weighted by molar-refractivity contribution is 0.569. The maximum Gasteiger partial charge on any atom is 0.0540 e. The van der Waals surface area contributed by atoms with Crippen LogP contribution in [0.2, 0.25) is 0 Å². The second-order valence-electron chi connectivity index (χ2n) is 17.9. The molecule has 0 spiro atoms. The lowest BCUT2D eigenvalue weighted by atomic mass is 9.78. The second-order valence-corrected chi connectivity index (χ2v) is 17.9. The van der Waals surface area contributed by atoms with Gasteiger partial charge in [-0.3, -0.25) is 0 Å². The molecule has 0 bridgehead atoms. The summed E-state index contributed by atoms with van der Waals surface area (Å²) in [4.78, 5) is 2.47. The van der Waals surface area contributed by atoms with Gasteiger partial charge in [0.05, 0.1) is 11.4 Å². The number of fused-ring (bicyclic) bond motifs is 2. The first-order valence-electron chi connectivity index (χ1n) is 20.8. The van der Waals surface area contributed by atoms with Crippen LogP contribution in [0.15, 0.2) is 200 Å².